The molecule has 144 valence electrons. The van der Waals surface area contributed by atoms with Gasteiger partial charge in [-0.05, 0) is 66.8 Å². The van der Waals surface area contributed by atoms with Crippen LogP contribution in [0.15, 0.2) is 46.7 Å². The van der Waals surface area contributed by atoms with E-state index in [1.165, 1.54) is 15.6 Å². The lowest BCUT2D eigenvalue weighted by atomic mass is 10.00. The maximum atomic E-state index is 12.5. The fourth-order valence-corrected chi connectivity index (χ4v) is 4.82. The molecule has 1 aromatic carbocycles. The van der Waals surface area contributed by atoms with Crippen molar-refractivity contribution in [2.45, 2.75) is 33.2 Å². The number of thiophene rings is 1. The van der Waals surface area contributed by atoms with E-state index in [9.17, 15) is 4.79 Å². The van der Waals surface area contributed by atoms with Crippen LogP contribution in [-0.4, -0.2) is 41.9 Å². The number of hydrogen-bond acceptors (Lipinski definition) is 3. The second kappa shape index (κ2) is 9.67. The first-order chi connectivity index (χ1) is 13.1. The highest BCUT2D eigenvalue weighted by atomic mass is 79.9. The van der Waals surface area contributed by atoms with Gasteiger partial charge in [0.25, 0.3) is 5.91 Å². The molecule has 0 spiro atoms. The third kappa shape index (κ3) is 5.09. The summed E-state index contributed by atoms with van der Waals surface area (Å²) in [5, 5.41) is 4.39. The summed E-state index contributed by atoms with van der Waals surface area (Å²) < 4.78 is 1.19. The minimum absolute atomic E-state index is 0.108. The summed E-state index contributed by atoms with van der Waals surface area (Å²) in [6.45, 7) is 8.76. The van der Waals surface area contributed by atoms with Gasteiger partial charge in [0.2, 0.25) is 0 Å². The second-order valence-electron chi connectivity index (χ2n) is 6.88. The lowest BCUT2D eigenvalue weighted by Gasteiger charge is -2.29. The molecule has 3 rings (SSSR count). The lowest BCUT2D eigenvalue weighted by Crippen LogP contribution is -2.30. The predicted octanol–water partition coefficient (Wildman–Crippen LogP) is 5.63. The Morgan fingerprint density at radius 2 is 1.70 bits per heavy atom. The van der Waals surface area contributed by atoms with E-state index in [0.29, 0.717) is 0 Å². The van der Waals surface area contributed by atoms with Crippen molar-refractivity contribution in [3.8, 4) is 0 Å². The Kier molecular flexibility index (Phi) is 7.27. The van der Waals surface area contributed by atoms with Crippen molar-refractivity contribution in [1.29, 1.82) is 0 Å². The van der Waals surface area contributed by atoms with Gasteiger partial charge in [0.15, 0.2) is 0 Å². The van der Waals surface area contributed by atoms with Gasteiger partial charge < -0.3 is 4.90 Å². The minimum Gasteiger partial charge on any atom is -0.339 e. The smallest absolute Gasteiger partial charge is 0.253 e. The van der Waals surface area contributed by atoms with E-state index in [1.54, 1.807) is 11.3 Å². The largest absolute Gasteiger partial charge is 0.339 e. The zero-order valence-electron chi connectivity index (χ0n) is 16.1. The fourth-order valence-electron chi connectivity index (χ4n) is 3.50. The number of amides is 1. The van der Waals surface area contributed by atoms with Gasteiger partial charge in [-0.25, -0.2) is 0 Å². The van der Waals surface area contributed by atoms with Crippen LogP contribution in [0.3, 0.4) is 0 Å². The van der Waals surface area contributed by atoms with Crippen LogP contribution in [0.1, 0.15) is 48.2 Å². The SMILES string of the molecule is CCN(CC)C(=O)c1ccc(C(Br)=C2CCN(Cc3ccsc3)CC2)cc1. The molecule has 1 fully saturated rings. The number of likely N-dealkylation sites (tertiary alicyclic amines) is 1. The molecular weight excluding hydrogens is 420 g/mol. The van der Waals surface area contributed by atoms with Crippen LogP contribution >= 0.6 is 27.3 Å². The molecule has 1 saturated heterocycles. The number of piperidine rings is 1. The van der Waals surface area contributed by atoms with Crippen molar-refractivity contribution in [3.63, 3.8) is 0 Å². The molecule has 2 heterocycles. The first-order valence-electron chi connectivity index (χ1n) is 9.63. The zero-order valence-corrected chi connectivity index (χ0v) is 18.5. The van der Waals surface area contributed by atoms with Gasteiger partial charge >= 0.3 is 0 Å². The molecule has 0 N–H and O–H groups in total. The first-order valence-corrected chi connectivity index (χ1v) is 11.4. The summed E-state index contributed by atoms with van der Waals surface area (Å²) in [7, 11) is 0. The number of halogens is 1. The Labute approximate surface area is 174 Å². The highest BCUT2D eigenvalue weighted by Crippen LogP contribution is 2.32. The number of carbonyl (C=O) groups excluding carboxylic acids is 1. The summed E-state index contributed by atoms with van der Waals surface area (Å²) in [6, 6.07) is 10.2. The van der Waals surface area contributed by atoms with Crippen LogP contribution in [0.25, 0.3) is 4.48 Å². The van der Waals surface area contributed by atoms with E-state index in [-0.39, 0.29) is 5.91 Å². The van der Waals surface area contributed by atoms with Crippen molar-refractivity contribution in [2.75, 3.05) is 26.2 Å². The number of carbonyl (C=O) groups is 1. The molecule has 27 heavy (non-hydrogen) atoms. The molecule has 1 amide bonds. The highest BCUT2D eigenvalue weighted by Gasteiger charge is 2.18. The van der Waals surface area contributed by atoms with Crippen molar-refractivity contribution < 1.29 is 4.79 Å². The van der Waals surface area contributed by atoms with Crippen molar-refractivity contribution in [3.05, 3.63) is 63.4 Å². The van der Waals surface area contributed by atoms with Gasteiger partial charge in [0.1, 0.15) is 0 Å². The number of hydrogen-bond donors (Lipinski definition) is 0. The van der Waals surface area contributed by atoms with E-state index in [1.807, 2.05) is 30.9 Å². The number of rotatable bonds is 6. The molecule has 2 aromatic rings. The van der Waals surface area contributed by atoms with Crippen molar-refractivity contribution >= 4 is 37.7 Å². The predicted molar refractivity (Wildman–Crippen MR) is 118 cm³/mol. The first kappa shape index (κ1) is 20.3. The molecule has 0 bridgehead atoms. The van der Waals surface area contributed by atoms with Crippen molar-refractivity contribution in [2.24, 2.45) is 0 Å². The van der Waals surface area contributed by atoms with E-state index in [2.05, 4.69) is 49.8 Å². The molecule has 3 nitrogen and oxygen atoms in total. The average Bonchev–Trinajstić information content (AvgIpc) is 3.22. The normalized spacial score (nSPS) is 15.0. The molecule has 5 heteroatoms. The molecule has 0 saturated carbocycles. The van der Waals surface area contributed by atoms with E-state index in [4.69, 9.17) is 0 Å². The van der Waals surface area contributed by atoms with Crippen molar-refractivity contribution in [1.82, 2.24) is 9.80 Å². The van der Waals surface area contributed by atoms with E-state index in [0.717, 1.165) is 56.7 Å². The standard InChI is InChI=1S/C22H27BrN2OS/c1-3-25(4-2)22(26)20-7-5-18(6-8-20)21(23)19-9-12-24(13-10-19)15-17-11-14-27-16-17/h5-8,11,14,16H,3-4,9-10,12-13,15H2,1-2H3. The fraction of sp³-hybridized carbons (Fsp3) is 0.409. The molecular formula is C22H27BrN2OS. The van der Waals surface area contributed by atoms with Gasteiger partial charge in [-0.3, -0.25) is 9.69 Å². The number of nitrogens with zero attached hydrogens (tertiary/aromatic N) is 2. The van der Waals surface area contributed by atoms with Gasteiger partial charge in [-0.2, -0.15) is 11.3 Å². The summed E-state index contributed by atoms with van der Waals surface area (Å²) in [5.41, 5.74) is 4.81. The van der Waals surface area contributed by atoms with Gasteiger partial charge in [0.05, 0.1) is 0 Å². The highest BCUT2D eigenvalue weighted by molar-refractivity contribution is 9.15. The Bertz CT molecular complexity index is 769. The lowest BCUT2D eigenvalue weighted by molar-refractivity contribution is 0.0773. The van der Waals surface area contributed by atoms with Crippen LogP contribution in [0.4, 0.5) is 0 Å². The maximum Gasteiger partial charge on any atom is 0.253 e. The second-order valence-corrected chi connectivity index (χ2v) is 8.45. The quantitative estimate of drug-likeness (QED) is 0.573. The monoisotopic (exact) mass is 446 g/mol. The van der Waals surface area contributed by atoms with Crippen LogP contribution in [0.2, 0.25) is 0 Å². The zero-order chi connectivity index (χ0) is 19.2. The van der Waals surface area contributed by atoms with Crippen LogP contribution < -0.4 is 0 Å². The molecule has 0 atom stereocenters. The van der Waals surface area contributed by atoms with Gasteiger partial charge in [0, 0.05) is 42.8 Å². The van der Waals surface area contributed by atoms with Gasteiger partial charge in [-0.1, -0.05) is 33.6 Å². The van der Waals surface area contributed by atoms with Crippen LogP contribution in [0.5, 0.6) is 0 Å². The third-order valence-electron chi connectivity index (χ3n) is 5.19. The van der Waals surface area contributed by atoms with Gasteiger partial charge in [-0.15, -0.1) is 0 Å². The summed E-state index contributed by atoms with van der Waals surface area (Å²) in [6.07, 6.45) is 2.18. The molecule has 0 aliphatic carbocycles. The molecule has 0 unspecified atom stereocenters. The topological polar surface area (TPSA) is 23.6 Å². The minimum atomic E-state index is 0.108. The Morgan fingerprint density at radius 1 is 1.07 bits per heavy atom. The molecule has 0 radical (unpaired) electrons. The Balaban J connectivity index is 1.63. The van der Waals surface area contributed by atoms with E-state index < -0.39 is 0 Å². The Hall–Kier alpha value is -1.43. The van der Waals surface area contributed by atoms with Crippen LogP contribution in [-0.2, 0) is 6.54 Å². The third-order valence-corrected chi connectivity index (χ3v) is 6.94. The van der Waals surface area contributed by atoms with E-state index >= 15 is 0 Å². The average molecular weight is 447 g/mol. The molecule has 1 aromatic heterocycles. The molecule has 1 aliphatic rings. The maximum absolute atomic E-state index is 12.5. The van der Waals surface area contributed by atoms with Crippen LogP contribution in [0, 0.1) is 0 Å². The summed E-state index contributed by atoms with van der Waals surface area (Å²) in [4.78, 5) is 16.8. The molecule has 1 aliphatic heterocycles. The Morgan fingerprint density at radius 3 is 2.26 bits per heavy atom. The number of benzene rings is 1. The summed E-state index contributed by atoms with van der Waals surface area (Å²) >= 11 is 5.58. The summed E-state index contributed by atoms with van der Waals surface area (Å²) in [5.74, 6) is 0.108.